The van der Waals surface area contributed by atoms with E-state index in [0.717, 1.165) is 30.2 Å². The SMILES string of the molecule is CCOC(=O)N1CCN(c2ncnc3c2C=NC3)CC1. The van der Waals surface area contributed by atoms with E-state index in [1.807, 2.05) is 13.1 Å². The normalized spacial score (nSPS) is 17.2. The monoisotopic (exact) mass is 275 g/mol. The second-order valence-corrected chi connectivity index (χ2v) is 4.70. The van der Waals surface area contributed by atoms with Crippen LogP contribution in [-0.4, -0.2) is 60.0 Å². The predicted octanol–water partition coefficient (Wildman–Crippen LogP) is 0.688. The summed E-state index contributed by atoms with van der Waals surface area (Å²) in [4.78, 5) is 28.4. The molecule has 0 spiro atoms. The van der Waals surface area contributed by atoms with Gasteiger partial charge in [0.25, 0.3) is 0 Å². The van der Waals surface area contributed by atoms with E-state index in [1.54, 1.807) is 11.2 Å². The van der Waals surface area contributed by atoms with Crippen molar-refractivity contribution in [3.05, 3.63) is 17.6 Å². The van der Waals surface area contributed by atoms with Gasteiger partial charge < -0.3 is 14.5 Å². The second-order valence-electron chi connectivity index (χ2n) is 4.70. The number of hydrogen-bond donors (Lipinski definition) is 0. The van der Waals surface area contributed by atoms with E-state index in [2.05, 4.69) is 19.9 Å². The number of aliphatic imine (C=N–C) groups is 1. The predicted molar refractivity (Wildman–Crippen MR) is 74.1 cm³/mol. The Labute approximate surface area is 117 Å². The molecule has 1 fully saturated rings. The molecule has 106 valence electrons. The number of ether oxygens (including phenoxy) is 1. The van der Waals surface area contributed by atoms with Gasteiger partial charge in [0.2, 0.25) is 0 Å². The van der Waals surface area contributed by atoms with E-state index in [9.17, 15) is 4.79 Å². The summed E-state index contributed by atoms with van der Waals surface area (Å²) in [6, 6.07) is 0. The minimum Gasteiger partial charge on any atom is -0.450 e. The molecule has 3 heterocycles. The van der Waals surface area contributed by atoms with Crippen molar-refractivity contribution in [3.63, 3.8) is 0 Å². The van der Waals surface area contributed by atoms with Crippen LogP contribution >= 0.6 is 0 Å². The number of amides is 1. The second kappa shape index (κ2) is 5.44. The van der Waals surface area contributed by atoms with Crippen LogP contribution in [0.2, 0.25) is 0 Å². The van der Waals surface area contributed by atoms with Crippen LogP contribution in [0.15, 0.2) is 11.3 Å². The molecule has 2 aliphatic rings. The number of piperazine rings is 1. The number of fused-ring (bicyclic) bond motifs is 1. The summed E-state index contributed by atoms with van der Waals surface area (Å²) in [5, 5.41) is 0. The fourth-order valence-corrected chi connectivity index (χ4v) is 2.47. The molecule has 7 nitrogen and oxygen atoms in total. The number of carbonyl (C=O) groups excluding carboxylic acids is 1. The number of carbonyl (C=O) groups is 1. The van der Waals surface area contributed by atoms with Gasteiger partial charge in [-0.2, -0.15) is 0 Å². The zero-order valence-electron chi connectivity index (χ0n) is 11.4. The molecule has 1 aromatic rings. The number of nitrogens with zero attached hydrogens (tertiary/aromatic N) is 5. The van der Waals surface area contributed by atoms with E-state index in [4.69, 9.17) is 4.74 Å². The number of anilines is 1. The molecular formula is C13H17N5O2. The highest BCUT2D eigenvalue weighted by Gasteiger charge is 2.25. The van der Waals surface area contributed by atoms with E-state index in [1.165, 1.54) is 0 Å². The van der Waals surface area contributed by atoms with Crippen molar-refractivity contribution in [2.75, 3.05) is 37.7 Å². The number of rotatable bonds is 2. The summed E-state index contributed by atoms with van der Waals surface area (Å²) < 4.78 is 5.02. The van der Waals surface area contributed by atoms with Gasteiger partial charge in [0.15, 0.2) is 0 Å². The zero-order chi connectivity index (χ0) is 13.9. The topological polar surface area (TPSA) is 70.9 Å². The average Bonchev–Trinajstić information content (AvgIpc) is 2.96. The van der Waals surface area contributed by atoms with Crippen molar-refractivity contribution in [2.45, 2.75) is 13.5 Å². The van der Waals surface area contributed by atoms with E-state index in [0.29, 0.717) is 26.2 Å². The van der Waals surface area contributed by atoms with Crippen molar-refractivity contribution in [1.82, 2.24) is 14.9 Å². The maximum absolute atomic E-state index is 11.7. The highest BCUT2D eigenvalue weighted by Crippen LogP contribution is 2.23. The van der Waals surface area contributed by atoms with Crippen molar-refractivity contribution in [3.8, 4) is 0 Å². The lowest BCUT2D eigenvalue weighted by Crippen LogP contribution is -2.49. The average molecular weight is 275 g/mol. The number of aromatic nitrogens is 2. The molecular weight excluding hydrogens is 258 g/mol. The van der Waals surface area contributed by atoms with Crippen LogP contribution in [0.5, 0.6) is 0 Å². The first kappa shape index (κ1) is 12.8. The lowest BCUT2D eigenvalue weighted by atomic mass is 10.2. The Morgan fingerprint density at radius 2 is 2.10 bits per heavy atom. The zero-order valence-corrected chi connectivity index (χ0v) is 11.4. The van der Waals surface area contributed by atoms with Gasteiger partial charge in [-0.15, -0.1) is 0 Å². The van der Waals surface area contributed by atoms with Crippen LogP contribution < -0.4 is 4.90 Å². The van der Waals surface area contributed by atoms with Gasteiger partial charge in [-0.05, 0) is 6.92 Å². The van der Waals surface area contributed by atoms with Gasteiger partial charge in [-0.25, -0.2) is 14.8 Å². The van der Waals surface area contributed by atoms with Crippen LogP contribution in [0, 0.1) is 0 Å². The fourth-order valence-electron chi connectivity index (χ4n) is 2.47. The lowest BCUT2D eigenvalue weighted by molar-refractivity contribution is 0.105. The molecule has 3 rings (SSSR count). The van der Waals surface area contributed by atoms with Gasteiger partial charge >= 0.3 is 6.09 Å². The molecule has 2 aliphatic heterocycles. The van der Waals surface area contributed by atoms with Crippen molar-refractivity contribution >= 4 is 18.1 Å². The Balaban J connectivity index is 1.68. The Morgan fingerprint density at radius 3 is 2.85 bits per heavy atom. The van der Waals surface area contributed by atoms with E-state index in [-0.39, 0.29) is 6.09 Å². The molecule has 0 aromatic carbocycles. The first-order valence-corrected chi connectivity index (χ1v) is 6.80. The molecule has 0 bridgehead atoms. The molecule has 0 saturated carbocycles. The van der Waals surface area contributed by atoms with E-state index >= 15 is 0 Å². The van der Waals surface area contributed by atoms with Gasteiger partial charge in [-0.1, -0.05) is 0 Å². The van der Waals surface area contributed by atoms with E-state index < -0.39 is 0 Å². The first-order chi connectivity index (χ1) is 9.79. The summed E-state index contributed by atoms with van der Waals surface area (Å²) >= 11 is 0. The lowest BCUT2D eigenvalue weighted by Gasteiger charge is -2.35. The fraction of sp³-hybridized carbons (Fsp3) is 0.538. The molecule has 20 heavy (non-hydrogen) atoms. The molecule has 0 aliphatic carbocycles. The summed E-state index contributed by atoms with van der Waals surface area (Å²) in [5.41, 5.74) is 1.99. The van der Waals surface area contributed by atoms with Gasteiger partial charge in [0, 0.05) is 32.4 Å². The van der Waals surface area contributed by atoms with Gasteiger partial charge in [0.1, 0.15) is 12.1 Å². The van der Waals surface area contributed by atoms with Crippen LogP contribution in [0.1, 0.15) is 18.2 Å². The largest absolute Gasteiger partial charge is 0.450 e. The van der Waals surface area contributed by atoms with Gasteiger partial charge in [-0.3, -0.25) is 4.99 Å². The molecule has 0 atom stereocenters. The van der Waals surface area contributed by atoms with Crippen LogP contribution in [0.4, 0.5) is 10.6 Å². The minimum atomic E-state index is -0.235. The third-order valence-corrected chi connectivity index (χ3v) is 3.51. The molecule has 1 saturated heterocycles. The standard InChI is InChI=1S/C13H17N5O2/c1-2-20-13(19)18-5-3-17(4-6-18)12-10-7-14-8-11(10)15-9-16-12/h7,9H,2-6,8H2,1H3. The number of hydrogen-bond acceptors (Lipinski definition) is 6. The Hall–Kier alpha value is -2.18. The smallest absolute Gasteiger partial charge is 0.409 e. The van der Waals surface area contributed by atoms with Crippen molar-refractivity contribution in [2.24, 2.45) is 4.99 Å². The maximum atomic E-state index is 11.7. The summed E-state index contributed by atoms with van der Waals surface area (Å²) in [6.45, 7) is 5.65. The van der Waals surface area contributed by atoms with Gasteiger partial charge in [0.05, 0.1) is 24.4 Å². The molecule has 7 heteroatoms. The summed E-state index contributed by atoms with van der Waals surface area (Å²) in [6.07, 6.45) is 3.18. The van der Waals surface area contributed by atoms with Crippen LogP contribution in [0.25, 0.3) is 0 Å². The highest BCUT2D eigenvalue weighted by molar-refractivity contribution is 5.90. The van der Waals surface area contributed by atoms with Crippen LogP contribution in [-0.2, 0) is 11.3 Å². The summed E-state index contributed by atoms with van der Waals surface area (Å²) in [7, 11) is 0. The summed E-state index contributed by atoms with van der Waals surface area (Å²) in [5.74, 6) is 0.916. The van der Waals surface area contributed by atoms with Crippen molar-refractivity contribution < 1.29 is 9.53 Å². The molecule has 0 radical (unpaired) electrons. The third kappa shape index (κ3) is 2.31. The Morgan fingerprint density at radius 1 is 1.30 bits per heavy atom. The molecule has 1 amide bonds. The highest BCUT2D eigenvalue weighted by atomic mass is 16.6. The van der Waals surface area contributed by atoms with Crippen molar-refractivity contribution in [1.29, 1.82) is 0 Å². The van der Waals surface area contributed by atoms with Crippen LogP contribution in [0.3, 0.4) is 0 Å². The molecule has 1 aromatic heterocycles. The Bertz CT molecular complexity index is 538. The minimum absolute atomic E-state index is 0.235. The molecule has 0 N–H and O–H groups in total. The third-order valence-electron chi connectivity index (χ3n) is 3.51. The molecule has 0 unspecified atom stereocenters. The Kier molecular flexibility index (Phi) is 3.49. The maximum Gasteiger partial charge on any atom is 0.409 e. The quantitative estimate of drug-likeness (QED) is 0.794. The first-order valence-electron chi connectivity index (χ1n) is 6.80.